The summed E-state index contributed by atoms with van der Waals surface area (Å²) in [6.07, 6.45) is 0.523. The molecule has 0 radical (unpaired) electrons. The van der Waals surface area contributed by atoms with Crippen LogP contribution < -0.4 is 26.4 Å². The van der Waals surface area contributed by atoms with E-state index < -0.39 is 11.9 Å². The van der Waals surface area contributed by atoms with Crippen LogP contribution in [0.15, 0.2) is 66.7 Å². The maximum Gasteiger partial charge on any atom is 0.319 e. The van der Waals surface area contributed by atoms with Crippen molar-refractivity contribution in [2.45, 2.75) is 45.1 Å². The molecule has 0 spiro atoms. The molecule has 2 aliphatic rings. The van der Waals surface area contributed by atoms with Gasteiger partial charge in [0.15, 0.2) is 0 Å². The van der Waals surface area contributed by atoms with Crippen molar-refractivity contribution in [3.05, 3.63) is 94.5 Å². The molecule has 1 atom stereocenters. The number of nitrogens with two attached hydrogens (primary N) is 1. The summed E-state index contributed by atoms with van der Waals surface area (Å²) >= 11 is 0. The molecule has 0 aliphatic carbocycles. The van der Waals surface area contributed by atoms with Gasteiger partial charge in [-0.15, -0.1) is 12.4 Å². The monoisotopic (exact) mass is 563 g/mol. The number of amides is 5. The molecule has 0 saturated carbocycles. The van der Waals surface area contributed by atoms with Crippen molar-refractivity contribution >= 4 is 41.8 Å². The molecule has 5 rings (SSSR count). The molecule has 1 unspecified atom stereocenters. The predicted molar refractivity (Wildman–Crippen MR) is 151 cm³/mol. The predicted octanol–water partition coefficient (Wildman–Crippen LogP) is 3.23. The fourth-order valence-electron chi connectivity index (χ4n) is 4.67. The standard InChI is InChI=1S/C29H29N5O5.ClH/c30-14-18-1-3-19(4-2-18)17-39-23-8-6-22(7-9-23)32-29(38)31-15-20-5-10-24-21(13-20)16-34(28(24)37)25-11-12-26(35)33-27(25)36;/h1-10,13,25H,11-12,14-17,30H2,(H2,31,32,38)(H,33,35,36);1H. The number of nitrogens with one attached hydrogen (secondary N) is 3. The summed E-state index contributed by atoms with van der Waals surface area (Å²) in [7, 11) is 0. The molecule has 2 aliphatic heterocycles. The molecular weight excluding hydrogens is 534 g/mol. The van der Waals surface area contributed by atoms with Crippen LogP contribution >= 0.6 is 12.4 Å². The zero-order valence-corrected chi connectivity index (χ0v) is 22.5. The quantitative estimate of drug-likeness (QED) is 0.310. The lowest BCUT2D eigenvalue weighted by atomic mass is 10.0. The summed E-state index contributed by atoms with van der Waals surface area (Å²) in [5.41, 5.74) is 10.5. The van der Waals surface area contributed by atoms with Crippen molar-refractivity contribution in [1.29, 1.82) is 0 Å². The highest BCUT2D eigenvalue weighted by Crippen LogP contribution is 2.28. The molecule has 1 saturated heterocycles. The summed E-state index contributed by atoms with van der Waals surface area (Å²) in [4.78, 5) is 50.4. The Hall–Kier alpha value is -4.41. The Labute approximate surface area is 237 Å². The molecule has 11 heteroatoms. The Balaban J connectivity index is 0.00000370. The van der Waals surface area contributed by atoms with Crippen LogP contribution in [0.5, 0.6) is 5.75 Å². The van der Waals surface area contributed by atoms with E-state index in [1.54, 1.807) is 36.4 Å². The van der Waals surface area contributed by atoms with Gasteiger partial charge in [-0.1, -0.05) is 36.4 Å². The van der Waals surface area contributed by atoms with Crippen molar-refractivity contribution in [1.82, 2.24) is 15.5 Å². The van der Waals surface area contributed by atoms with E-state index in [1.165, 1.54) is 4.90 Å². The third-order valence-electron chi connectivity index (χ3n) is 6.82. The van der Waals surface area contributed by atoms with Crippen LogP contribution in [0.1, 0.15) is 45.5 Å². The number of piperidine rings is 1. The van der Waals surface area contributed by atoms with Crippen LogP contribution in [0.25, 0.3) is 0 Å². The second-order valence-corrected chi connectivity index (χ2v) is 9.53. The Kier molecular flexibility index (Phi) is 9.03. The number of benzene rings is 3. The molecule has 208 valence electrons. The van der Waals surface area contributed by atoms with Gasteiger partial charge in [-0.2, -0.15) is 0 Å². The van der Waals surface area contributed by atoms with E-state index in [2.05, 4.69) is 16.0 Å². The average molecular weight is 564 g/mol. The number of hydrogen-bond acceptors (Lipinski definition) is 6. The van der Waals surface area contributed by atoms with Gasteiger partial charge in [-0.05, 0) is 59.0 Å². The van der Waals surface area contributed by atoms with E-state index in [9.17, 15) is 19.2 Å². The maximum atomic E-state index is 12.8. The minimum atomic E-state index is -0.658. The molecule has 2 heterocycles. The highest BCUT2D eigenvalue weighted by Gasteiger charge is 2.39. The van der Waals surface area contributed by atoms with Crippen LogP contribution in [0.3, 0.4) is 0 Å². The third-order valence-corrected chi connectivity index (χ3v) is 6.82. The molecule has 40 heavy (non-hydrogen) atoms. The average Bonchev–Trinajstić information content (AvgIpc) is 3.27. The largest absolute Gasteiger partial charge is 0.489 e. The summed E-state index contributed by atoms with van der Waals surface area (Å²) in [5, 5.41) is 7.91. The summed E-state index contributed by atoms with van der Waals surface area (Å²) < 4.78 is 5.81. The number of imide groups is 1. The van der Waals surface area contributed by atoms with Crippen LogP contribution in [-0.4, -0.2) is 34.7 Å². The molecule has 0 bridgehead atoms. The van der Waals surface area contributed by atoms with Crippen molar-refractivity contribution in [2.75, 3.05) is 5.32 Å². The van der Waals surface area contributed by atoms with E-state index in [1.807, 2.05) is 30.3 Å². The summed E-state index contributed by atoms with van der Waals surface area (Å²) in [6, 6.07) is 19.3. The van der Waals surface area contributed by atoms with E-state index in [0.29, 0.717) is 36.6 Å². The number of ether oxygens (including phenoxy) is 1. The van der Waals surface area contributed by atoms with Crippen molar-refractivity contribution < 1.29 is 23.9 Å². The van der Waals surface area contributed by atoms with Crippen LogP contribution in [0, 0.1) is 0 Å². The Bertz CT molecular complexity index is 1410. The SMILES string of the molecule is Cl.NCc1ccc(COc2ccc(NC(=O)NCc3ccc4c(c3)CN(C3CCC(=O)NC3=O)C4=O)cc2)cc1. The topological polar surface area (TPSA) is 143 Å². The first-order valence-electron chi connectivity index (χ1n) is 12.7. The third kappa shape index (κ3) is 6.59. The maximum absolute atomic E-state index is 12.8. The van der Waals surface area contributed by atoms with Crippen LogP contribution in [0.2, 0.25) is 0 Å². The van der Waals surface area contributed by atoms with Crippen molar-refractivity contribution in [3.8, 4) is 5.75 Å². The van der Waals surface area contributed by atoms with Gasteiger partial charge in [0.1, 0.15) is 18.4 Å². The van der Waals surface area contributed by atoms with Gasteiger partial charge >= 0.3 is 6.03 Å². The number of carbonyl (C=O) groups is 4. The van der Waals surface area contributed by atoms with Gasteiger partial charge in [-0.25, -0.2) is 4.79 Å². The highest BCUT2D eigenvalue weighted by molar-refractivity contribution is 6.05. The van der Waals surface area contributed by atoms with Crippen molar-refractivity contribution in [2.24, 2.45) is 5.73 Å². The first-order chi connectivity index (χ1) is 18.9. The van der Waals surface area contributed by atoms with Gasteiger partial charge in [0.2, 0.25) is 11.8 Å². The molecule has 0 aromatic heterocycles. The molecule has 3 aromatic rings. The van der Waals surface area contributed by atoms with Crippen molar-refractivity contribution in [3.63, 3.8) is 0 Å². The van der Waals surface area contributed by atoms with Gasteiger partial charge < -0.3 is 26.0 Å². The molecule has 1 fully saturated rings. The number of nitrogens with zero attached hydrogens (tertiary/aromatic N) is 1. The first-order valence-corrected chi connectivity index (χ1v) is 12.7. The molecule has 10 nitrogen and oxygen atoms in total. The fraction of sp³-hybridized carbons (Fsp3) is 0.241. The van der Waals surface area contributed by atoms with Gasteiger partial charge in [-0.3, -0.25) is 19.7 Å². The number of fused-ring (bicyclic) bond motifs is 1. The van der Waals surface area contributed by atoms with E-state index in [-0.39, 0.29) is 49.8 Å². The lowest BCUT2D eigenvalue weighted by Crippen LogP contribution is -2.52. The Morgan fingerprint density at radius 2 is 1.68 bits per heavy atom. The number of rotatable bonds is 8. The molecule has 3 aromatic carbocycles. The van der Waals surface area contributed by atoms with Crippen LogP contribution in [-0.2, 0) is 35.8 Å². The zero-order valence-electron chi connectivity index (χ0n) is 21.6. The lowest BCUT2D eigenvalue weighted by molar-refractivity contribution is -0.136. The molecule has 5 N–H and O–H groups in total. The smallest absolute Gasteiger partial charge is 0.319 e. The Morgan fingerprint density at radius 3 is 2.38 bits per heavy atom. The first kappa shape index (κ1) is 28.6. The highest BCUT2D eigenvalue weighted by atomic mass is 35.5. The van der Waals surface area contributed by atoms with E-state index in [4.69, 9.17) is 10.5 Å². The molecule has 5 amide bonds. The molecular formula is C29H30ClN5O5. The number of urea groups is 1. The minimum absolute atomic E-state index is 0. The number of halogens is 1. The summed E-state index contributed by atoms with van der Waals surface area (Å²) in [6.45, 7) is 1.47. The van der Waals surface area contributed by atoms with Gasteiger partial charge in [0.05, 0.1) is 0 Å². The fourth-order valence-corrected chi connectivity index (χ4v) is 4.67. The second kappa shape index (κ2) is 12.6. The normalized spacial score (nSPS) is 16.1. The minimum Gasteiger partial charge on any atom is -0.489 e. The number of carbonyl (C=O) groups excluding carboxylic acids is 4. The van der Waals surface area contributed by atoms with E-state index in [0.717, 1.165) is 22.3 Å². The van der Waals surface area contributed by atoms with Gasteiger partial charge in [0.25, 0.3) is 5.91 Å². The number of hydrogen-bond donors (Lipinski definition) is 4. The Morgan fingerprint density at radius 1 is 0.975 bits per heavy atom. The van der Waals surface area contributed by atoms with Crippen LogP contribution in [0.4, 0.5) is 10.5 Å². The lowest BCUT2D eigenvalue weighted by Gasteiger charge is -2.29. The van der Waals surface area contributed by atoms with E-state index >= 15 is 0 Å². The second-order valence-electron chi connectivity index (χ2n) is 9.53. The summed E-state index contributed by atoms with van der Waals surface area (Å²) in [5.74, 6) is -0.305. The zero-order chi connectivity index (χ0) is 27.4. The number of anilines is 1. The van der Waals surface area contributed by atoms with Gasteiger partial charge in [0, 0.05) is 37.3 Å².